The van der Waals surface area contributed by atoms with Crippen LogP contribution in [0.25, 0.3) is 0 Å². The first-order chi connectivity index (χ1) is 9.70. The van der Waals surface area contributed by atoms with Gasteiger partial charge in [-0.1, -0.05) is 12.1 Å². The van der Waals surface area contributed by atoms with Gasteiger partial charge in [0.25, 0.3) is 0 Å². The molecule has 4 heteroatoms. The highest BCUT2D eigenvalue weighted by molar-refractivity contribution is 5.99. The molecular formula is C16H15FO3. The molecule has 0 aliphatic carbocycles. The van der Waals surface area contributed by atoms with E-state index in [2.05, 4.69) is 0 Å². The molecule has 0 amide bonds. The summed E-state index contributed by atoms with van der Waals surface area (Å²) in [7, 11) is 0. The van der Waals surface area contributed by atoms with Crippen LogP contribution >= 0.6 is 0 Å². The van der Waals surface area contributed by atoms with E-state index < -0.39 is 0 Å². The van der Waals surface area contributed by atoms with Gasteiger partial charge in [0.15, 0.2) is 6.61 Å². The molecule has 0 aliphatic heterocycles. The number of ether oxygens (including phenoxy) is 2. The van der Waals surface area contributed by atoms with E-state index in [1.807, 2.05) is 13.0 Å². The lowest BCUT2D eigenvalue weighted by Crippen LogP contribution is -2.13. The first-order valence-electron chi connectivity index (χ1n) is 6.34. The van der Waals surface area contributed by atoms with Crippen LogP contribution in [-0.4, -0.2) is 19.0 Å². The number of para-hydroxylation sites is 1. The molecule has 0 saturated carbocycles. The minimum absolute atomic E-state index is 0.115. The third-order valence-electron chi connectivity index (χ3n) is 2.67. The molecular weight excluding hydrogens is 259 g/mol. The van der Waals surface area contributed by atoms with Gasteiger partial charge in [-0.25, -0.2) is 4.39 Å². The fraction of sp³-hybridized carbons (Fsp3) is 0.188. The summed E-state index contributed by atoms with van der Waals surface area (Å²) in [5.41, 5.74) is 0.483. The van der Waals surface area contributed by atoms with E-state index in [-0.39, 0.29) is 18.2 Å². The summed E-state index contributed by atoms with van der Waals surface area (Å²) in [6.07, 6.45) is 0. The van der Waals surface area contributed by atoms with Gasteiger partial charge >= 0.3 is 0 Å². The van der Waals surface area contributed by atoms with Gasteiger partial charge in [0.1, 0.15) is 17.3 Å². The Morgan fingerprint density at radius 2 is 1.75 bits per heavy atom. The number of hydrogen-bond donors (Lipinski definition) is 0. The van der Waals surface area contributed by atoms with Gasteiger partial charge in [-0.15, -0.1) is 0 Å². The lowest BCUT2D eigenvalue weighted by molar-refractivity contribution is 0.0917. The molecule has 0 aliphatic rings. The number of rotatable bonds is 6. The van der Waals surface area contributed by atoms with Crippen molar-refractivity contribution in [2.75, 3.05) is 13.2 Å². The van der Waals surface area contributed by atoms with Crippen LogP contribution in [0.4, 0.5) is 4.39 Å². The maximum Gasteiger partial charge on any atom is 0.203 e. The second-order valence-corrected chi connectivity index (χ2v) is 4.09. The van der Waals surface area contributed by atoms with Crippen molar-refractivity contribution in [3.63, 3.8) is 0 Å². The molecule has 2 rings (SSSR count). The molecule has 0 N–H and O–H groups in total. The fourth-order valence-corrected chi connectivity index (χ4v) is 1.74. The summed E-state index contributed by atoms with van der Waals surface area (Å²) >= 11 is 0. The summed E-state index contributed by atoms with van der Waals surface area (Å²) in [5.74, 6) is 0.472. The molecule has 104 valence electrons. The van der Waals surface area contributed by atoms with Gasteiger partial charge in [-0.3, -0.25) is 4.79 Å². The Kier molecular flexibility index (Phi) is 4.71. The number of carbonyl (C=O) groups excluding carboxylic acids is 1. The summed E-state index contributed by atoms with van der Waals surface area (Å²) in [5, 5.41) is 0. The van der Waals surface area contributed by atoms with E-state index in [0.717, 1.165) is 0 Å². The molecule has 0 fully saturated rings. The van der Waals surface area contributed by atoms with Crippen molar-refractivity contribution in [2.24, 2.45) is 0 Å². The average Bonchev–Trinajstić information content (AvgIpc) is 2.47. The van der Waals surface area contributed by atoms with Crippen molar-refractivity contribution in [3.8, 4) is 11.5 Å². The van der Waals surface area contributed by atoms with Crippen LogP contribution in [0.5, 0.6) is 11.5 Å². The molecule has 0 heterocycles. The number of benzene rings is 2. The average molecular weight is 274 g/mol. The van der Waals surface area contributed by atoms with Crippen molar-refractivity contribution in [2.45, 2.75) is 6.92 Å². The van der Waals surface area contributed by atoms with E-state index in [1.54, 1.807) is 18.2 Å². The molecule has 0 aromatic heterocycles. The van der Waals surface area contributed by atoms with Crippen molar-refractivity contribution in [1.82, 2.24) is 0 Å². The summed E-state index contributed by atoms with van der Waals surface area (Å²) in [6, 6.07) is 12.6. The summed E-state index contributed by atoms with van der Waals surface area (Å²) in [4.78, 5) is 12.1. The predicted octanol–water partition coefficient (Wildman–Crippen LogP) is 3.49. The smallest absolute Gasteiger partial charge is 0.203 e. The number of halogens is 1. The fourth-order valence-electron chi connectivity index (χ4n) is 1.74. The van der Waals surface area contributed by atoms with Crippen LogP contribution in [0.3, 0.4) is 0 Å². The second-order valence-electron chi connectivity index (χ2n) is 4.09. The maximum atomic E-state index is 12.7. The van der Waals surface area contributed by atoms with Crippen LogP contribution in [0.15, 0.2) is 48.5 Å². The summed E-state index contributed by atoms with van der Waals surface area (Å²) in [6.45, 7) is 2.23. The molecule has 0 atom stereocenters. The van der Waals surface area contributed by atoms with Gasteiger partial charge in [-0.05, 0) is 43.3 Å². The first kappa shape index (κ1) is 14.1. The van der Waals surface area contributed by atoms with Gasteiger partial charge in [0.2, 0.25) is 5.78 Å². The summed E-state index contributed by atoms with van der Waals surface area (Å²) < 4.78 is 23.5. The molecule has 0 saturated heterocycles. The standard InChI is InChI=1S/C16H15FO3/c1-2-19-16-6-4-3-5-14(16)15(18)11-20-13-9-7-12(17)8-10-13/h3-10H,2,11H2,1H3. The highest BCUT2D eigenvalue weighted by Gasteiger charge is 2.12. The van der Waals surface area contributed by atoms with Crippen LogP contribution in [0.1, 0.15) is 17.3 Å². The zero-order valence-corrected chi connectivity index (χ0v) is 11.1. The molecule has 2 aromatic carbocycles. The number of Topliss-reactive ketones (excluding diaryl/α,β-unsaturated/α-hetero) is 1. The van der Waals surface area contributed by atoms with E-state index in [9.17, 15) is 9.18 Å². The monoisotopic (exact) mass is 274 g/mol. The largest absolute Gasteiger partial charge is 0.493 e. The molecule has 20 heavy (non-hydrogen) atoms. The van der Waals surface area contributed by atoms with E-state index in [4.69, 9.17) is 9.47 Å². The van der Waals surface area contributed by atoms with Crippen LogP contribution in [-0.2, 0) is 0 Å². The van der Waals surface area contributed by atoms with Crippen LogP contribution in [0, 0.1) is 5.82 Å². The van der Waals surface area contributed by atoms with E-state index in [0.29, 0.717) is 23.7 Å². The minimum Gasteiger partial charge on any atom is -0.493 e. The number of ketones is 1. The van der Waals surface area contributed by atoms with Gasteiger partial charge in [-0.2, -0.15) is 0 Å². The Labute approximate surface area is 117 Å². The second kappa shape index (κ2) is 6.70. The zero-order chi connectivity index (χ0) is 14.4. The van der Waals surface area contributed by atoms with Crippen molar-refractivity contribution in [1.29, 1.82) is 0 Å². The normalized spacial score (nSPS) is 10.1. The van der Waals surface area contributed by atoms with E-state index >= 15 is 0 Å². The van der Waals surface area contributed by atoms with Gasteiger partial charge in [0.05, 0.1) is 12.2 Å². The van der Waals surface area contributed by atoms with Crippen molar-refractivity contribution < 1.29 is 18.7 Å². The number of hydrogen-bond acceptors (Lipinski definition) is 3. The first-order valence-corrected chi connectivity index (χ1v) is 6.34. The maximum absolute atomic E-state index is 12.7. The molecule has 2 aromatic rings. The molecule has 0 unspecified atom stereocenters. The number of carbonyl (C=O) groups is 1. The molecule has 0 radical (unpaired) electrons. The Morgan fingerprint density at radius 1 is 1.05 bits per heavy atom. The minimum atomic E-state index is -0.342. The quantitative estimate of drug-likeness (QED) is 0.756. The third kappa shape index (κ3) is 3.57. The molecule has 3 nitrogen and oxygen atoms in total. The SMILES string of the molecule is CCOc1ccccc1C(=O)COc1ccc(F)cc1. The topological polar surface area (TPSA) is 35.5 Å². The highest BCUT2D eigenvalue weighted by Crippen LogP contribution is 2.19. The van der Waals surface area contributed by atoms with Crippen LogP contribution < -0.4 is 9.47 Å². The Balaban J connectivity index is 2.03. The van der Waals surface area contributed by atoms with Crippen molar-refractivity contribution >= 4 is 5.78 Å². The predicted molar refractivity (Wildman–Crippen MR) is 73.8 cm³/mol. The lowest BCUT2D eigenvalue weighted by atomic mass is 10.1. The Morgan fingerprint density at radius 3 is 2.45 bits per heavy atom. The van der Waals surface area contributed by atoms with Gasteiger partial charge in [0, 0.05) is 0 Å². The van der Waals surface area contributed by atoms with Crippen LogP contribution in [0.2, 0.25) is 0 Å². The molecule has 0 spiro atoms. The van der Waals surface area contributed by atoms with Gasteiger partial charge < -0.3 is 9.47 Å². The third-order valence-corrected chi connectivity index (χ3v) is 2.67. The zero-order valence-electron chi connectivity index (χ0n) is 11.1. The lowest BCUT2D eigenvalue weighted by Gasteiger charge is -2.10. The molecule has 0 bridgehead atoms. The highest BCUT2D eigenvalue weighted by atomic mass is 19.1. The van der Waals surface area contributed by atoms with E-state index in [1.165, 1.54) is 24.3 Å². The Hall–Kier alpha value is -2.36. The van der Waals surface area contributed by atoms with Crippen molar-refractivity contribution in [3.05, 3.63) is 59.9 Å². The Bertz CT molecular complexity index is 579.